The molecule has 3 N–H and O–H groups in total. The van der Waals surface area contributed by atoms with Gasteiger partial charge in [0.1, 0.15) is 0 Å². The van der Waals surface area contributed by atoms with E-state index in [0.29, 0.717) is 22.9 Å². The Labute approximate surface area is 156 Å². The number of carbonyl (C=O) groups excluding carboxylic acids is 1. The Kier molecular flexibility index (Phi) is 6.26. The van der Waals surface area contributed by atoms with Crippen LogP contribution in [0, 0.1) is 0 Å². The van der Waals surface area contributed by atoms with Gasteiger partial charge in [-0.1, -0.05) is 35.0 Å². The minimum Gasteiger partial charge on any atom is -0.393 e. The van der Waals surface area contributed by atoms with Crippen molar-refractivity contribution in [2.45, 2.75) is 31.6 Å². The summed E-state index contributed by atoms with van der Waals surface area (Å²) < 4.78 is 5.23. The topological polar surface area (TPSA) is 98.8 Å². The fraction of sp³-hybridized carbons (Fsp3) is 0.444. The van der Waals surface area contributed by atoms with Gasteiger partial charge in [-0.25, -0.2) is 0 Å². The van der Waals surface area contributed by atoms with Crippen LogP contribution >= 0.6 is 11.6 Å². The number of benzene rings is 1. The van der Waals surface area contributed by atoms with E-state index in [1.807, 2.05) is 0 Å². The molecular weight excluding hydrogens is 358 g/mol. The largest absolute Gasteiger partial charge is 0.393 e. The normalized spacial score (nSPS) is 17.2. The third-order valence-electron chi connectivity index (χ3n) is 4.45. The van der Waals surface area contributed by atoms with Crippen molar-refractivity contribution in [2.24, 2.45) is 0 Å². The predicted molar refractivity (Wildman–Crippen MR) is 95.8 cm³/mol. The first kappa shape index (κ1) is 18.8. The highest BCUT2D eigenvalue weighted by atomic mass is 35.5. The number of aliphatic hydroxyl groups excluding tert-OH is 2. The van der Waals surface area contributed by atoms with Crippen molar-refractivity contribution in [1.29, 1.82) is 0 Å². The second kappa shape index (κ2) is 8.64. The van der Waals surface area contributed by atoms with E-state index >= 15 is 0 Å². The van der Waals surface area contributed by atoms with Crippen LogP contribution in [-0.2, 0) is 6.54 Å². The minimum absolute atomic E-state index is 0.0226. The molecule has 2 aromatic rings. The average molecular weight is 380 g/mol. The Bertz CT molecular complexity index is 744. The highest BCUT2D eigenvalue weighted by molar-refractivity contribution is 6.31. The number of aromatic nitrogens is 1. The smallest absolute Gasteiger partial charge is 0.273 e. The van der Waals surface area contributed by atoms with Crippen LogP contribution in [-0.4, -0.2) is 51.9 Å². The van der Waals surface area contributed by atoms with E-state index in [2.05, 4.69) is 15.4 Å². The maximum Gasteiger partial charge on any atom is 0.273 e. The summed E-state index contributed by atoms with van der Waals surface area (Å²) in [6.45, 7) is 2.14. The Balaban J connectivity index is 1.51. The van der Waals surface area contributed by atoms with Crippen molar-refractivity contribution in [3.05, 3.63) is 52.4 Å². The lowest BCUT2D eigenvalue weighted by Gasteiger charge is -2.28. The zero-order valence-corrected chi connectivity index (χ0v) is 15.0. The van der Waals surface area contributed by atoms with Gasteiger partial charge in [-0.3, -0.25) is 9.69 Å². The minimum atomic E-state index is -0.904. The molecule has 8 heteroatoms. The lowest BCUT2D eigenvalue weighted by Crippen LogP contribution is -2.35. The van der Waals surface area contributed by atoms with E-state index in [0.717, 1.165) is 25.9 Å². The first-order valence-electron chi connectivity index (χ1n) is 8.59. The fourth-order valence-corrected chi connectivity index (χ4v) is 3.19. The molecule has 1 aliphatic heterocycles. The molecule has 7 nitrogen and oxygen atoms in total. The first-order valence-corrected chi connectivity index (χ1v) is 8.97. The predicted octanol–water partition coefficient (Wildman–Crippen LogP) is 1.75. The van der Waals surface area contributed by atoms with Gasteiger partial charge in [-0.15, -0.1) is 0 Å². The molecule has 1 aromatic carbocycles. The van der Waals surface area contributed by atoms with Crippen molar-refractivity contribution in [2.75, 3.05) is 19.6 Å². The van der Waals surface area contributed by atoms with Crippen LogP contribution in [0.25, 0.3) is 0 Å². The molecule has 3 rings (SSSR count). The zero-order valence-electron chi connectivity index (χ0n) is 14.3. The summed E-state index contributed by atoms with van der Waals surface area (Å²) in [5.41, 5.74) is 0.728. The molecule has 0 saturated carbocycles. The monoisotopic (exact) mass is 379 g/mol. The van der Waals surface area contributed by atoms with Crippen LogP contribution in [0.4, 0.5) is 0 Å². The lowest BCUT2D eigenvalue weighted by molar-refractivity contribution is 0.0748. The standard InChI is InChI=1S/C18H22ClN3O4/c19-15-4-2-1-3-14(15)17(24)10-20-18(25)16-9-13(26-21-16)11-22-7-5-12(23)6-8-22/h1-4,9,12,17,23-24H,5-8,10-11H2,(H,20,25). The Morgan fingerprint density at radius 3 is 2.85 bits per heavy atom. The first-order chi connectivity index (χ1) is 12.5. The molecule has 26 heavy (non-hydrogen) atoms. The van der Waals surface area contributed by atoms with Gasteiger partial charge in [-0.2, -0.15) is 0 Å². The van der Waals surface area contributed by atoms with Crippen molar-refractivity contribution < 1.29 is 19.5 Å². The van der Waals surface area contributed by atoms with Gasteiger partial charge in [0.25, 0.3) is 5.91 Å². The Morgan fingerprint density at radius 2 is 2.12 bits per heavy atom. The van der Waals surface area contributed by atoms with E-state index < -0.39 is 12.0 Å². The van der Waals surface area contributed by atoms with Crippen molar-refractivity contribution in [3.8, 4) is 0 Å². The molecule has 2 heterocycles. The molecule has 1 fully saturated rings. The molecule has 0 radical (unpaired) electrons. The summed E-state index contributed by atoms with van der Waals surface area (Å²) in [5.74, 6) is 0.179. The number of hydrogen-bond donors (Lipinski definition) is 3. The molecule has 0 bridgehead atoms. The number of halogens is 1. The summed E-state index contributed by atoms with van der Waals surface area (Å²) in [6, 6.07) is 8.55. The molecule has 1 saturated heterocycles. The van der Waals surface area contributed by atoms with E-state index in [-0.39, 0.29) is 18.3 Å². The highest BCUT2D eigenvalue weighted by Gasteiger charge is 2.20. The molecule has 1 unspecified atom stereocenters. The number of nitrogens with one attached hydrogen (secondary N) is 1. The lowest BCUT2D eigenvalue weighted by atomic mass is 10.1. The average Bonchev–Trinajstić information content (AvgIpc) is 3.10. The van der Waals surface area contributed by atoms with Gasteiger partial charge in [-0.05, 0) is 18.9 Å². The molecule has 1 atom stereocenters. The van der Waals surface area contributed by atoms with Crippen LogP contribution in [0.15, 0.2) is 34.9 Å². The van der Waals surface area contributed by atoms with E-state index in [1.54, 1.807) is 30.3 Å². The second-order valence-corrected chi connectivity index (χ2v) is 6.84. The number of carbonyl (C=O) groups is 1. The van der Waals surface area contributed by atoms with Crippen LogP contribution in [0.3, 0.4) is 0 Å². The summed E-state index contributed by atoms with van der Waals surface area (Å²) in [6.07, 6.45) is 0.341. The number of nitrogens with zero attached hydrogens (tertiary/aromatic N) is 2. The number of hydrogen-bond acceptors (Lipinski definition) is 6. The molecule has 0 spiro atoms. The maximum atomic E-state index is 12.2. The molecule has 0 aliphatic carbocycles. The third-order valence-corrected chi connectivity index (χ3v) is 4.79. The molecule has 140 valence electrons. The van der Waals surface area contributed by atoms with Crippen LogP contribution in [0.5, 0.6) is 0 Å². The van der Waals surface area contributed by atoms with Gasteiger partial charge < -0.3 is 20.1 Å². The summed E-state index contributed by atoms with van der Waals surface area (Å²) in [7, 11) is 0. The number of amides is 1. The van der Waals surface area contributed by atoms with E-state index in [1.165, 1.54) is 0 Å². The Hall–Kier alpha value is -1.93. The van der Waals surface area contributed by atoms with Crippen LogP contribution < -0.4 is 5.32 Å². The van der Waals surface area contributed by atoms with Crippen molar-refractivity contribution in [3.63, 3.8) is 0 Å². The molecule has 1 amide bonds. The number of likely N-dealkylation sites (tertiary alicyclic amines) is 1. The van der Waals surface area contributed by atoms with Crippen molar-refractivity contribution in [1.82, 2.24) is 15.4 Å². The molecule has 1 aromatic heterocycles. The fourth-order valence-electron chi connectivity index (χ4n) is 2.93. The van der Waals surface area contributed by atoms with Gasteiger partial charge in [0.15, 0.2) is 11.5 Å². The summed E-state index contributed by atoms with van der Waals surface area (Å²) in [4.78, 5) is 14.3. The second-order valence-electron chi connectivity index (χ2n) is 6.43. The van der Waals surface area contributed by atoms with Gasteiger partial charge in [0, 0.05) is 36.3 Å². The number of piperidine rings is 1. The highest BCUT2D eigenvalue weighted by Crippen LogP contribution is 2.22. The van der Waals surface area contributed by atoms with E-state index in [4.69, 9.17) is 16.1 Å². The SMILES string of the molecule is O=C(NCC(O)c1ccccc1Cl)c1cc(CN2CCC(O)CC2)on1. The molecule has 1 aliphatic rings. The van der Waals surface area contributed by atoms with Crippen molar-refractivity contribution >= 4 is 17.5 Å². The van der Waals surface area contributed by atoms with Crippen LogP contribution in [0.1, 0.15) is 40.8 Å². The third kappa shape index (κ3) is 4.82. The molecular formula is C18H22ClN3O4. The Morgan fingerprint density at radius 1 is 1.38 bits per heavy atom. The maximum absolute atomic E-state index is 12.2. The summed E-state index contributed by atoms with van der Waals surface area (Å²) in [5, 5.41) is 26.6. The van der Waals surface area contributed by atoms with Gasteiger partial charge in [0.05, 0.1) is 18.8 Å². The summed E-state index contributed by atoms with van der Waals surface area (Å²) >= 11 is 6.04. The van der Waals surface area contributed by atoms with E-state index in [9.17, 15) is 15.0 Å². The zero-order chi connectivity index (χ0) is 18.5. The van der Waals surface area contributed by atoms with Gasteiger partial charge >= 0.3 is 0 Å². The number of aliphatic hydroxyl groups is 2. The van der Waals surface area contributed by atoms with Crippen LogP contribution in [0.2, 0.25) is 5.02 Å². The number of rotatable bonds is 6. The van der Waals surface area contributed by atoms with Gasteiger partial charge in [0.2, 0.25) is 0 Å². The quantitative estimate of drug-likeness (QED) is 0.707.